The van der Waals surface area contributed by atoms with Crippen LogP contribution < -0.4 is 0 Å². The maximum atomic E-state index is 12.9. The Bertz CT molecular complexity index is 789. The van der Waals surface area contributed by atoms with Crippen molar-refractivity contribution in [2.24, 2.45) is 5.92 Å². The lowest BCUT2D eigenvalue weighted by Crippen LogP contribution is -2.51. The molecule has 1 N–H and O–H groups in total. The molecule has 0 spiro atoms. The van der Waals surface area contributed by atoms with Crippen LogP contribution in [0.2, 0.25) is 0 Å². The highest BCUT2D eigenvalue weighted by atomic mass is 32.2. The van der Waals surface area contributed by atoms with Crippen LogP contribution in [0.3, 0.4) is 0 Å². The molecule has 2 saturated heterocycles. The van der Waals surface area contributed by atoms with Crippen LogP contribution in [0.25, 0.3) is 0 Å². The molecule has 6 heteroatoms. The number of hydrogen-bond donors (Lipinski definition) is 1. The summed E-state index contributed by atoms with van der Waals surface area (Å²) in [6.45, 7) is 9.15. The fourth-order valence-corrected chi connectivity index (χ4v) is 5.85. The van der Waals surface area contributed by atoms with E-state index >= 15 is 0 Å². The van der Waals surface area contributed by atoms with Crippen molar-refractivity contribution >= 4 is 21.3 Å². The maximum absolute atomic E-state index is 12.9. The van der Waals surface area contributed by atoms with Gasteiger partial charge < -0.3 is 10.0 Å². The van der Waals surface area contributed by atoms with Gasteiger partial charge >= 0.3 is 0 Å². The fourth-order valence-electron chi connectivity index (χ4n) is 4.51. The van der Waals surface area contributed by atoms with Crippen molar-refractivity contribution in [1.82, 2.24) is 9.80 Å². The van der Waals surface area contributed by atoms with E-state index in [-0.39, 0.29) is 11.8 Å². The molecule has 2 heterocycles. The van der Waals surface area contributed by atoms with Crippen LogP contribution >= 0.6 is 0 Å². The van der Waals surface area contributed by atoms with Crippen LogP contribution in [-0.4, -0.2) is 74.6 Å². The van der Waals surface area contributed by atoms with E-state index in [9.17, 15) is 14.1 Å². The van der Waals surface area contributed by atoms with Crippen LogP contribution in [0, 0.1) is 19.8 Å². The first kappa shape index (κ1) is 21.2. The lowest BCUT2D eigenvalue weighted by molar-refractivity contribution is -0.136. The Morgan fingerprint density at radius 3 is 2.25 bits per heavy atom. The predicted octanol–water partition coefficient (Wildman–Crippen LogP) is 2.21. The molecule has 2 aliphatic rings. The Labute approximate surface area is 169 Å². The molecule has 0 unspecified atom stereocenters. The number of likely N-dealkylation sites (tertiary alicyclic amines) is 1. The number of rotatable bonds is 4. The number of aromatic hydroxyl groups is 1. The molecule has 0 aliphatic carbocycles. The molecule has 1 aromatic rings. The second kappa shape index (κ2) is 8.46. The average Bonchev–Trinajstić information content (AvgIpc) is 2.65. The molecule has 2 aliphatic heterocycles. The molecule has 3 rings (SSSR count). The number of benzene rings is 1. The second-order valence-electron chi connectivity index (χ2n) is 8.65. The number of piperidine rings is 1. The topological polar surface area (TPSA) is 60.9 Å². The third-order valence-electron chi connectivity index (χ3n) is 6.31. The van der Waals surface area contributed by atoms with Crippen molar-refractivity contribution in [3.05, 3.63) is 28.8 Å². The van der Waals surface area contributed by atoms with Crippen molar-refractivity contribution in [1.29, 1.82) is 0 Å². The number of aryl methyl sites for hydroxylation is 2. The third-order valence-corrected chi connectivity index (χ3v) is 8.16. The first-order chi connectivity index (χ1) is 13.2. The Hall–Kier alpha value is -1.53. The third kappa shape index (κ3) is 4.90. The number of carbonyl (C=O) groups is 1. The van der Waals surface area contributed by atoms with E-state index in [0.29, 0.717) is 29.7 Å². The molecule has 0 radical (unpaired) electrons. The molecule has 0 saturated carbocycles. The standard InChI is InChI=1S/C22H34N2O3S/c1-16-13-19(14-17(2)21(16)25)15-18(3)22(26)24-7-5-20(6-8-24)23-9-11-28(4,27)12-10-23/h13-14,18,20,25H,4-12,15H2,1-3H3/t18-/m1/s1. The van der Waals surface area contributed by atoms with Gasteiger partial charge in [-0.05, 0) is 65.2 Å². The van der Waals surface area contributed by atoms with Crippen LogP contribution in [0.15, 0.2) is 12.1 Å². The second-order valence-corrected chi connectivity index (χ2v) is 11.4. The lowest BCUT2D eigenvalue weighted by Gasteiger charge is -2.41. The van der Waals surface area contributed by atoms with Crippen LogP contribution in [0.5, 0.6) is 5.75 Å². The first-order valence-electron chi connectivity index (χ1n) is 10.3. The summed E-state index contributed by atoms with van der Waals surface area (Å²) in [7, 11) is -1.85. The summed E-state index contributed by atoms with van der Waals surface area (Å²) >= 11 is 0. The molecule has 156 valence electrons. The van der Waals surface area contributed by atoms with E-state index in [1.54, 1.807) is 0 Å². The zero-order valence-electron chi connectivity index (χ0n) is 17.4. The van der Waals surface area contributed by atoms with Gasteiger partial charge in [-0.2, -0.15) is 0 Å². The van der Waals surface area contributed by atoms with E-state index in [2.05, 4.69) is 10.8 Å². The van der Waals surface area contributed by atoms with Crippen molar-refractivity contribution < 1.29 is 14.1 Å². The van der Waals surface area contributed by atoms with Gasteiger partial charge in [-0.15, -0.1) is 0 Å². The summed E-state index contributed by atoms with van der Waals surface area (Å²) in [6.07, 6.45) is 2.69. The van der Waals surface area contributed by atoms with E-state index in [1.165, 1.54) is 0 Å². The van der Waals surface area contributed by atoms with Crippen molar-refractivity contribution in [2.45, 2.75) is 46.1 Å². The van der Waals surface area contributed by atoms with Gasteiger partial charge in [0.15, 0.2) is 0 Å². The quantitative estimate of drug-likeness (QED) is 0.779. The summed E-state index contributed by atoms with van der Waals surface area (Å²) < 4.78 is 12.1. The smallest absolute Gasteiger partial charge is 0.225 e. The molecule has 5 nitrogen and oxygen atoms in total. The largest absolute Gasteiger partial charge is 0.507 e. The van der Waals surface area contributed by atoms with Gasteiger partial charge in [-0.25, -0.2) is 0 Å². The number of carbonyl (C=O) groups excluding carboxylic acids is 1. The molecular formula is C22H34N2O3S. The van der Waals surface area contributed by atoms with E-state index in [1.807, 2.05) is 37.8 Å². The summed E-state index contributed by atoms with van der Waals surface area (Å²) in [6, 6.07) is 4.46. The number of phenols is 1. The Morgan fingerprint density at radius 2 is 1.71 bits per heavy atom. The number of nitrogens with zero attached hydrogens (tertiary/aromatic N) is 2. The number of phenolic OH excluding ortho intramolecular Hbond substituents is 1. The molecule has 1 amide bonds. The molecule has 0 bridgehead atoms. The fraction of sp³-hybridized carbons (Fsp3) is 0.636. The van der Waals surface area contributed by atoms with Gasteiger partial charge in [-0.3, -0.25) is 13.9 Å². The normalized spacial score (nSPS) is 22.2. The molecule has 1 atom stereocenters. The molecule has 0 aromatic heterocycles. The minimum absolute atomic E-state index is 0.0641. The Morgan fingerprint density at radius 1 is 1.18 bits per heavy atom. The monoisotopic (exact) mass is 406 g/mol. The highest BCUT2D eigenvalue weighted by Crippen LogP contribution is 2.25. The van der Waals surface area contributed by atoms with Crippen LogP contribution in [-0.2, 0) is 20.7 Å². The van der Waals surface area contributed by atoms with E-state index in [0.717, 1.165) is 55.7 Å². The van der Waals surface area contributed by atoms with Gasteiger partial charge in [0.1, 0.15) is 5.75 Å². The number of amides is 1. The number of hydrogen-bond acceptors (Lipinski definition) is 4. The van der Waals surface area contributed by atoms with Gasteiger partial charge in [0.2, 0.25) is 5.91 Å². The summed E-state index contributed by atoms with van der Waals surface area (Å²) in [5.74, 6) is 5.76. The molecule has 2 fully saturated rings. The molecule has 1 aromatic carbocycles. The van der Waals surface area contributed by atoms with Crippen LogP contribution in [0.1, 0.15) is 36.5 Å². The molecular weight excluding hydrogens is 372 g/mol. The van der Waals surface area contributed by atoms with Gasteiger partial charge in [-0.1, -0.05) is 19.1 Å². The summed E-state index contributed by atoms with van der Waals surface area (Å²) in [5, 5.41) is 9.94. The predicted molar refractivity (Wildman–Crippen MR) is 117 cm³/mol. The first-order valence-corrected chi connectivity index (χ1v) is 12.4. The Kier molecular flexibility index (Phi) is 6.40. The Balaban J connectivity index is 1.52. The highest BCUT2D eigenvalue weighted by molar-refractivity contribution is 8.00. The lowest BCUT2D eigenvalue weighted by atomic mass is 9.95. The van der Waals surface area contributed by atoms with E-state index < -0.39 is 9.52 Å². The van der Waals surface area contributed by atoms with Crippen molar-refractivity contribution in [3.63, 3.8) is 0 Å². The van der Waals surface area contributed by atoms with Crippen molar-refractivity contribution in [3.8, 4) is 5.75 Å². The maximum Gasteiger partial charge on any atom is 0.225 e. The average molecular weight is 407 g/mol. The van der Waals surface area contributed by atoms with E-state index in [4.69, 9.17) is 0 Å². The SMILES string of the molecule is C=S1(=O)CCN(C2CCN(C(=O)[C@H](C)Cc3cc(C)c(O)c(C)c3)CC2)CC1. The zero-order chi connectivity index (χ0) is 20.5. The van der Waals surface area contributed by atoms with Crippen molar-refractivity contribution in [2.75, 3.05) is 37.7 Å². The summed E-state index contributed by atoms with van der Waals surface area (Å²) in [5.41, 5.74) is 2.83. The zero-order valence-corrected chi connectivity index (χ0v) is 18.3. The highest BCUT2D eigenvalue weighted by Gasteiger charge is 2.30. The summed E-state index contributed by atoms with van der Waals surface area (Å²) in [4.78, 5) is 17.4. The molecule has 28 heavy (non-hydrogen) atoms. The van der Waals surface area contributed by atoms with Crippen LogP contribution in [0.4, 0.5) is 0 Å². The minimum Gasteiger partial charge on any atom is -0.507 e. The van der Waals surface area contributed by atoms with Gasteiger partial charge in [0, 0.05) is 49.6 Å². The van der Waals surface area contributed by atoms with Gasteiger partial charge in [0.05, 0.1) is 0 Å². The van der Waals surface area contributed by atoms with Gasteiger partial charge in [0.25, 0.3) is 0 Å². The minimum atomic E-state index is -1.85.